The number of amides is 1. The lowest BCUT2D eigenvalue weighted by atomic mass is 9.98. The SMILES string of the molecule is COC(=O)CC1CN(C(=O)c2c(F)cccc2Cl)c2ccccc21. The Bertz CT molecular complexity index is 788. The van der Waals surface area contributed by atoms with Crippen LogP contribution in [0.2, 0.25) is 5.02 Å². The van der Waals surface area contributed by atoms with Gasteiger partial charge in [0.1, 0.15) is 5.82 Å². The number of fused-ring (bicyclic) bond motifs is 1. The van der Waals surface area contributed by atoms with Gasteiger partial charge in [0.05, 0.1) is 24.1 Å². The highest BCUT2D eigenvalue weighted by molar-refractivity contribution is 6.34. The first kappa shape index (κ1) is 16.5. The van der Waals surface area contributed by atoms with Gasteiger partial charge in [-0.3, -0.25) is 9.59 Å². The Morgan fingerprint density at radius 2 is 2.00 bits per heavy atom. The molecule has 1 atom stereocenters. The van der Waals surface area contributed by atoms with Crippen molar-refractivity contribution in [2.24, 2.45) is 0 Å². The summed E-state index contributed by atoms with van der Waals surface area (Å²) in [6, 6.07) is 11.4. The van der Waals surface area contributed by atoms with Gasteiger partial charge >= 0.3 is 5.97 Å². The lowest BCUT2D eigenvalue weighted by molar-refractivity contribution is -0.141. The summed E-state index contributed by atoms with van der Waals surface area (Å²) in [5.41, 5.74) is 1.37. The first-order chi connectivity index (χ1) is 11.5. The zero-order valence-electron chi connectivity index (χ0n) is 13.0. The number of carbonyl (C=O) groups excluding carboxylic acids is 2. The zero-order chi connectivity index (χ0) is 17.3. The van der Waals surface area contributed by atoms with Crippen LogP contribution in [-0.2, 0) is 9.53 Å². The second-order valence-electron chi connectivity index (χ2n) is 5.55. The summed E-state index contributed by atoms with van der Waals surface area (Å²) in [5.74, 6) is -1.73. The number of hydrogen-bond donors (Lipinski definition) is 0. The molecule has 0 aliphatic carbocycles. The summed E-state index contributed by atoms with van der Waals surface area (Å²) in [6.07, 6.45) is 0.155. The van der Waals surface area contributed by atoms with E-state index in [0.717, 1.165) is 5.56 Å². The van der Waals surface area contributed by atoms with Crippen LogP contribution in [0.1, 0.15) is 28.3 Å². The van der Waals surface area contributed by atoms with E-state index in [1.807, 2.05) is 12.1 Å². The molecule has 0 bridgehead atoms. The van der Waals surface area contributed by atoms with Gasteiger partial charge in [-0.05, 0) is 23.8 Å². The minimum absolute atomic E-state index is 0.0638. The van der Waals surface area contributed by atoms with E-state index in [1.54, 1.807) is 12.1 Å². The van der Waals surface area contributed by atoms with E-state index in [1.165, 1.54) is 30.2 Å². The van der Waals surface area contributed by atoms with Crippen LogP contribution < -0.4 is 4.90 Å². The maximum Gasteiger partial charge on any atom is 0.306 e. The molecule has 0 N–H and O–H groups in total. The van der Waals surface area contributed by atoms with E-state index >= 15 is 0 Å². The summed E-state index contributed by atoms with van der Waals surface area (Å²) in [6.45, 7) is 0.276. The quantitative estimate of drug-likeness (QED) is 0.794. The molecule has 0 fully saturated rings. The molecule has 0 saturated heterocycles. The standard InChI is InChI=1S/C18H15ClFNO3/c1-24-16(22)9-11-10-21(15-8-3-2-5-12(11)15)18(23)17-13(19)6-4-7-14(17)20/h2-8,11H,9-10H2,1H3. The molecule has 2 aromatic rings. The molecule has 6 heteroatoms. The van der Waals surface area contributed by atoms with Crippen LogP contribution in [0.5, 0.6) is 0 Å². The maximum absolute atomic E-state index is 14.1. The first-order valence-electron chi connectivity index (χ1n) is 7.44. The normalized spacial score (nSPS) is 16.0. The average Bonchev–Trinajstić information content (AvgIpc) is 2.93. The number of benzene rings is 2. The number of methoxy groups -OCH3 is 1. The molecule has 2 aromatic carbocycles. The predicted octanol–water partition coefficient (Wildman–Crippen LogP) is 3.79. The Kier molecular flexibility index (Phi) is 4.53. The summed E-state index contributed by atoms with van der Waals surface area (Å²) >= 11 is 6.01. The van der Waals surface area contributed by atoms with Crippen molar-refractivity contribution in [3.05, 3.63) is 64.4 Å². The number of nitrogens with zero attached hydrogens (tertiary/aromatic N) is 1. The van der Waals surface area contributed by atoms with Crippen molar-refractivity contribution in [3.63, 3.8) is 0 Å². The monoisotopic (exact) mass is 347 g/mol. The number of ether oxygens (including phenoxy) is 1. The van der Waals surface area contributed by atoms with Gasteiger partial charge in [-0.2, -0.15) is 0 Å². The molecule has 0 radical (unpaired) electrons. The number of rotatable bonds is 3. The van der Waals surface area contributed by atoms with Gasteiger partial charge in [0.15, 0.2) is 0 Å². The zero-order valence-corrected chi connectivity index (χ0v) is 13.7. The van der Waals surface area contributed by atoms with E-state index in [2.05, 4.69) is 0 Å². The smallest absolute Gasteiger partial charge is 0.306 e. The number of carbonyl (C=O) groups is 2. The first-order valence-corrected chi connectivity index (χ1v) is 7.82. The van der Waals surface area contributed by atoms with Crippen molar-refractivity contribution in [3.8, 4) is 0 Å². The van der Waals surface area contributed by atoms with Crippen LogP contribution in [0.25, 0.3) is 0 Å². The molecule has 24 heavy (non-hydrogen) atoms. The Hall–Kier alpha value is -2.40. The summed E-state index contributed by atoms with van der Waals surface area (Å²) in [7, 11) is 1.32. The molecule has 0 spiro atoms. The summed E-state index contributed by atoms with van der Waals surface area (Å²) < 4.78 is 18.8. The minimum Gasteiger partial charge on any atom is -0.469 e. The third kappa shape index (κ3) is 2.87. The van der Waals surface area contributed by atoms with Crippen LogP contribution in [0.15, 0.2) is 42.5 Å². The number of anilines is 1. The van der Waals surface area contributed by atoms with Gasteiger partial charge in [-0.15, -0.1) is 0 Å². The molecule has 124 valence electrons. The Balaban J connectivity index is 1.98. The van der Waals surface area contributed by atoms with Gasteiger partial charge in [-0.25, -0.2) is 4.39 Å². The van der Waals surface area contributed by atoms with Crippen LogP contribution in [-0.4, -0.2) is 25.5 Å². The molecule has 1 aliphatic heterocycles. The van der Waals surface area contributed by atoms with Crippen molar-refractivity contribution < 1.29 is 18.7 Å². The molecule has 1 unspecified atom stereocenters. The van der Waals surface area contributed by atoms with E-state index < -0.39 is 11.7 Å². The van der Waals surface area contributed by atoms with Crippen LogP contribution in [0, 0.1) is 5.82 Å². The average molecular weight is 348 g/mol. The molecule has 1 amide bonds. The molecule has 1 aliphatic rings. The van der Waals surface area contributed by atoms with Crippen LogP contribution >= 0.6 is 11.6 Å². The molecule has 4 nitrogen and oxygen atoms in total. The topological polar surface area (TPSA) is 46.6 Å². The van der Waals surface area contributed by atoms with Crippen molar-refractivity contribution in [1.82, 2.24) is 0 Å². The lowest BCUT2D eigenvalue weighted by Gasteiger charge is -2.19. The number of hydrogen-bond acceptors (Lipinski definition) is 3. The van der Waals surface area contributed by atoms with Gasteiger partial charge in [0, 0.05) is 18.2 Å². The number of esters is 1. The highest BCUT2D eigenvalue weighted by atomic mass is 35.5. The van der Waals surface area contributed by atoms with E-state index in [9.17, 15) is 14.0 Å². The van der Waals surface area contributed by atoms with Gasteiger partial charge in [-0.1, -0.05) is 35.9 Å². The van der Waals surface area contributed by atoms with E-state index in [-0.39, 0.29) is 35.4 Å². The van der Waals surface area contributed by atoms with E-state index in [0.29, 0.717) is 5.69 Å². The number of halogens is 2. The van der Waals surface area contributed by atoms with Crippen molar-refractivity contribution in [2.75, 3.05) is 18.6 Å². The number of para-hydroxylation sites is 1. The minimum atomic E-state index is -0.665. The summed E-state index contributed by atoms with van der Waals surface area (Å²) in [4.78, 5) is 25.9. The Morgan fingerprint density at radius 1 is 1.25 bits per heavy atom. The lowest BCUT2D eigenvalue weighted by Crippen LogP contribution is -2.31. The van der Waals surface area contributed by atoms with Gasteiger partial charge in [0.2, 0.25) is 0 Å². The Labute approximate surface area is 143 Å². The second-order valence-corrected chi connectivity index (χ2v) is 5.96. The highest BCUT2D eigenvalue weighted by Gasteiger charge is 2.35. The van der Waals surface area contributed by atoms with Crippen LogP contribution in [0.3, 0.4) is 0 Å². The predicted molar refractivity (Wildman–Crippen MR) is 88.9 cm³/mol. The molecular weight excluding hydrogens is 333 g/mol. The maximum atomic E-state index is 14.1. The van der Waals surface area contributed by atoms with Crippen LogP contribution in [0.4, 0.5) is 10.1 Å². The second kappa shape index (κ2) is 6.61. The van der Waals surface area contributed by atoms with Crippen molar-refractivity contribution in [1.29, 1.82) is 0 Å². The fourth-order valence-corrected chi connectivity index (χ4v) is 3.23. The van der Waals surface area contributed by atoms with Crippen molar-refractivity contribution >= 4 is 29.2 Å². The largest absolute Gasteiger partial charge is 0.469 e. The molecule has 3 rings (SSSR count). The molecular formula is C18H15ClFNO3. The highest BCUT2D eigenvalue weighted by Crippen LogP contribution is 2.39. The summed E-state index contributed by atoms with van der Waals surface area (Å²) in [5, 5.41) is 0.0638. The fourth-order valence-electron chi connectivity index (χ4n) is 2.98. The Morgan fingerprint density at radius 3 is 2.71 bits per heavy atom. The molecule has 0 aromatic heterocycles. The van der Waals surface area contributed by atoms with Gasteiger partial charge < -0.3 is 9.64 Å². The third-order valence-electron chi connectivity index (χ3n) is 4.13. The molecule has 1 heterocycles. The molecule has 0 saturated carbocycles. The van der Waals surface area contributed by atoms with Crippen molar-refractivity contribution in [2.45, 2.75) is 12.3 Å². The fraction of sp³-hybridized carbons (Fsp3) is 0.222. The van der Waals surface area contributed by atoms with Gasteiger partial charge in [0.25, 0.3) is 5.91 Å². The third-order valence-corrected chi connectivity index (χ3v) is 4.45. The van der Waals surface area contributed by atoms with E-state index in [4.69, 9.17) is 16.3 Å².